The SMILES string of the molecule is COc1cc(C(=O)/C=C/c2cc(O)c3c(c2)OCO3)cc(OC)c1OC. The number of ether oxygens (including phenoxy) is 5. The lowest BCUT2D eigenvalue weighted by Crippen LogP contribution is -2.00. The number of carbonyl (C=O) groups excluding carboxylic acids is 1. The van der Waals surface area contributed by atoms with Crippen LogP contribution in [0.1, 0.15) is 15.9 Å². The molecule has 7 nitrogen and oxygen atoms in total. The molecule has 0 saturated carbocycles. The molecule has 0 atom stereocenters. The summed E-state index contributed by atoms with van der Waals surface area (Å²) in [6.07, 6.45) is 2.96. The van der Waals surface area contributed by atoms with Crippen LogP contribution in [0.5, 0.6) is 34.5 Å². The van der Waals surface area contributed by atoms with Crippen molar-refractivity contribution in [1.82, 2.24) is 0 Å². The average molecular weight is 358 g/mol. The Morgan fingerprint density at radius 1 is 1.04 bits per heavy atom. The summed E-state index contributed by atoms with van der Waals surface area (Å²) in [4.78, 5) is 12.5. The van der Waals surface area contributed by atoms with Gasteiger partial charge in [-0.15, -0.1) is 0 Å². The number of fused-ring (bicyclic) bond motifs is 1. The highest BCUT2D eigenvalue weighted by Crippen LogP contribution is 2.41. The number of ketones is 1. The van der Waals surface area contributed by atoms with Gasteiger partial charge in [-0.3, -0.25) is 4.79 Å². The van der Waals surface area contributed by atoms with Gasteiger partial charge in [0, 0.05) is 5.56 Å². The second-order valence-corrected chi connectivity index (χ2v) is 5.39. The van der Waals surface area contributed by atoms with E-state index in [1.807, 2.05) is 0 Å². The fourth-order valence-electron chi connectivity index (χ4n) is 2.60. The summed E-state index contributed by atoms with van der Waals surface area (Å²) in [5, 5.41) is 9.92. The van der Waals surface area contributed by atoms with E-state index in [4.69, 9.17) is 23.7 Å². The molecule has 0 aliphatic carbocycles. The van der Waals surface area contributed by atoms with E-state index in [1.165, 1.54) is 33.5 Å². The first-order chi connectivity index (χ1) is 12.6. The van der Waals surface area contributed by atoms with E-state index in [-0.39, 0.29) is 18.3 Å². The molecule has 0 unspecified atom stereocenters. The van der Waals surface area contributed by atoms with Gasteiger partial charge in [-0.05, 0) is 35.9 Å². The van der Waals surface area contributed by atoms with Crippen LogP contribution in [-0.4, -0.2) is 39.0 Å². The zero-order chi connectivity index (χ0) is 18.7. The monoisotopic (exact) mass is 358 g/mol. The minimum absolute atomic E-state index is 0.0418. The summed E-state index contributed by atoms with van der Waals surface area (Å²) in [7, 11) is 4.46. The molecule has 0 aromatic heterocycles. The number of rotatable bonds is 6. The Hall–Kier alpha value is -3.35. The smallest absolute Gasteiger partial charge is 0.231 e. The molecule has 26 heavy (non-hydrogen) atoms. The zero-order valence-corrected chi connectivity index (χ0v) is 14.6. The van der Waals surface area contributed by atoms with Crippen LogP contribution >= 0.6 is 0 Å². The van der Waals surface area contributed by atoms with Crippen LogP contribution in [0.3, 0.4) is 0 Å². The topological polar surface area (TPSA) is 83.5 Å². The normalized spacial score (nSPS) is 12.3. The van der Waals surface area contributed by atoms with E-state index >= 15 is 0 Å². The molecule has 3 rings (SSSR count). The summed E-state index contributed by atoms with van der Waals surface area (Å²) in [6.45, 7) is 0.0560. The number of methoxy groups -OCH3 is 3. The highest BCUT2D eigenvalue weighted by molar-refractivity contribution is 6.07. The van der Waals surface area contributed by atoms with Crippen molar-refractivity contribution >= 4 is 11.9 Å². The van der Waals surface area contributed by atoms with Crippen LogP contribution in [-0.2, 0) is 0 Å². The number of allylic oxidation sites excluding steroid dienone is 1. The Morgan fingerprint density at radius 3 is 2.35 bits per heavy atom. The van der Waals surface area contributed by atoms with Crippen molar-refractivity contribution in [3.05, 3.63) is 41.5 Å². The van der Waals surface area contributed by atoms with Crippen molar-refractivity contribution in [3.8, 4) is 34.5 Å². The van der Waals surface area contributed by atoms with Crippen molar-refractivity contribution in [2.75, 3.05) is 28.1 Å². The summed E-state index contributed by atoms with van der Waals surface area (Å²) in [5.74, 6) is 1.63. The van der Waals surface area contributed by atoms with Gasteiger partial charge < -0.3 is 28.8 Å². The van der Waals surface area contributed by atoms with Crippen LogP contribution in [0.15, 0.2) is 30.3 Å². The molecule has 1 heterocycles. The van der Waals surface area contributed by atoms with Gasteiger partial charge >= 0.3 is 0 Å². The van der Waals surface area contributed by atoms with Gasteiger partial charge in [0.25, 0.3) is 0 Å². The Labute approximate surface area is 150 Å². The van der Waals surface area contributed by atoms with Crippen molar-refractivity contribution in [2.45, 2.75) is 0 Å². The molecule has 2 aromatic carbocycles. The molecule has 0 fully saturated rings. The second-order valence-electron chi connectivity index (χ2n) is 5.39. The molecule has 1 N–H and O–H groups in total. The largest absolute Gasteiger partial charge is 0.504 e. The van der Waals surface area contributed by atoms with Gasteiger partial charge in [0.2, 0.25) is 18.3 Å². The predicted octanol–water partition coefficient (Wildman–Crippen LogP) is 3.04. The fourth-order valence-corrected chi connectivity index (χ4v) is 2.60. The Bertz CT molecular complexity index is 845. The average Bonchev–Trinajstić information content (AvgIpc) is 3.14. The van der Waals surface area contributed by atoms with Gasteiger partial charge in [-0.2, -0.15) is 0 Å². The standard InChI is InChI=1S/C19H18O7/c1-22-15-8-12(9-16(23-2)19(15)24-3)13(20)5-4-11-6-14(21)18-17(7-11)25-10-26-18/h4-9,21H,10H2,1-3H3/b5-4+. The van der Waals surface area contributed by atoms with E-state index in [2.05, 4.69) is 0 Å². The van der Waals surface area contributed by atoms with Crippen molar-refractivity contribution in [1.29, 1.82) is 0 Å². The first-order valence-corrected chi connectivity index (χ1v) is 7.72. The molecular formula is C19H18O7. The van der Waals surface area contributed by atoms with Crippen LogP contribution < -0.4 is 23.7 Å². The van der Waals surface area contributed by atoms with E-state index in [0.717, 1.165) is 0 Å². The predicted molar refractivity (Wildman–Crippen MR) is 93.7 cm³/mol. The number of phenols is 1. The fraction of sp³-hybridized carbons (Fsp3) is 0.211. The molecule has 2 aromatic rings. The highest BCUT2D eigenvalue weighted by atomic mass is 16.7. The van der Waals surface area contributed by atoms with Gasteiger partial charge in [-0.1, -0.05) is 6.08 Å². The molecule has 1 aliphatic heterocycles. The molecule has 0 spiro atoms. The molecule has 0 saturated heterocycles. The molecule has 0 radical (unpaired) electrons. The number of phenolic OH excluding ortho intramolecular Hbond substituents is 1. The second kappa shape index (κ2) is 7.26. The van der Waals surface area contributed by atoms with Crippen LogP contribution in [0.2, 0.25) is 0 Å². The van der Waals surface area contributed by atoms with Gasteiger partial charge in [0.1, 0.15) is 0 Å². The van der Waals surface area contributed by atoms with Crippen LogP contribution in [0.4, 0.5) is 0 Å². The maximum Gasteiger partial charge on any atom is 0.231 e. The van der Waals surface area contributed by atoms with Crippen molar-refractivity contribution in [2.24, 2.45) is 0 Å². The molecule has 7 heteroatoms. The van der Waals surface area contributed by atoms with E-state index in [9.17, 15) is 9.90 Å². The number of hydrogen-bond acceptors (Lipinski definition) is 7. The van der Waals surface area contributed by atoms with Gasteiger partial charge in [-0.25, -0.2) is 0 Å². The van der Waals surface area contributed by atoms with Crippen molar-refractivity contribution in [3.63, 3.8) is 0 Å². The summed E-state index contributed by atoms with van der Waals surface area (Å²) in [5.41, 5.74) is 0.980. The molecule has 136 valence electrons. The lowest BCUT2D eigenvalue weighted by Gasteiger charge is -2.13. The summed E-state index contributed by atoms with van der Waals surface area (Å²) in [6, 6.07) is 6.32. The van der Waals surface area contributed by atoms with E-state index in [1.54, 1.807) is 24.3 Å². The Morgan fingerprint density at radius 2 is 1.73 bits per heavy atom. The molecule has 0 bridgehead atoms. The number of benzene rings is 2. The number of hydrogen-bond donors (Lipinski definition) is 1. The van der Waals surface area contributed by atoms with Crippen LogP contribution in [0, 0.1) is 0 Å². The lowest BCUT2D eigenvalue weighted by molar-refractivity contribution is 0.104. The Kier molecular flexibility index (Phi) is 4.88. The van der Waals surface area contributed by atoms with Crippen LogP contribution in [0.25, 0.3) is 6.08 Å². The molecular weight excluding hydrogens is 340 g/mol. The third-order valence-electron chi connectivity index (χ3n) is 3.85. The Balaban J connectivity index is 1.88. The van der Waals surface area contributed by atoms with Gasteiger partial charge in [0.15, 0.2) is 28.8 Å². The van der Waals surface area contributed by atoms with E-state index in [0.29, 0.717) is 39.9 Å². The number of carbonyl (C=O) groups is 1. The van der Waals surface area contributed by atoms with Crippen molar-refractivity contribution < 1.29 is 33.6 Å². The third kappa shape index (κ3) is 3.23. The summed E-state index contributed by atoms with van der Waals surface area (Å²) >= 11 is 0. The lowest BCUT2D eigenvalue weighted by atomic mass is 10.1. The number of aromatic hydroxyl groups is 1. The highest BCUT2D eigenvalue weighted by Gasteiger charge is 2.19. The maximum atomic E-state index is 12.5. The minimum atomic E-state index is -0.263. The minimum Gasteiger partial charge on any atom is -0.504 e. The third-order valence-corrected chi connectivity index (χ3v) is 3.85. The van der Waals surface area contributed by atoms with Gasteiger partial charge in [0.05, 0.1) is 21.3 Å². The first kappa shape index (κ1) is 17.5. The maximum absolute atomic E-state index is 12.5. The van der Waals surface area contributed by atoms with E-state index < -0.39 is 0 Å². The molecule has 0 amide bonds. The quantitative estimate of drug-likeness (QED) is 0.628. The zero-order valence-electron chi connectivity index (χ0n) is 14.6. The summed E-state index contributed by atoms with van der Waals surface area (Å²) < 4.78 is 26.2. The molecule has 1 aliphatic rings. The first-order valence-electron chi connectivity index (χ1n) is 7.72.